The highest BCUT2D eigenvalue weighted by Crippen LogP contribution is 2.29. The Balaban J connectivity index is 1.50. The number of carbonyl (C=O) groups excluding carboxylic acids is 1. The standard InChI is InChI=1S/C23H28FNO4/c1-16(18-6-8-19(24)9-7-18)12-23(26)25-14-17-5-10-21(22(13-17)27-2)29-15-20-4-3-11-28-20/h5-10,13,16,20H,3-4,11-12,14-15H2,1-2H3,(H,25,26). The summed E-state index contributed by atoms with van der Waals surface area (Å²) in [5.41, 5.74) is 1.87. The molecule has 2 aromatic carbocycles. The summed E-state index contributed by atoms with van der Waals surface area (Å²) < 4.78 is 29.9. The lowest BCUT2D eigenvalue weighted by Crippen LogP contribution is -2.24. The third-order valence-electron chi connectivity index (χ3n) is 5.10. The molecule has 0 bridgehead atoms. The normalized spacial score (nSPS) is 17.0. The van der Waals surface area contributed by atoms with E-state index in [9.17, 15) is 9.18 Å². The minimum absolute atomic E-state index is 0.0127. The zero-order valence-corrected chi connectivity index (χ0v) is 16.9. The van der Waals surface area contributed by atoms with Gasteiger partial charge in [-0.05, 0) is 54.2 Å². The third kappa shape index (κ3) is 6.19. The largest absolute Gasteiger partial charge is 0.493 e. The fourth-order valence-electron chi connectivity index (χ4n) is 3.36. The summed E-state index contributed by atoms with van der Waals surface area (Å²) in [7, 11) is 1.60. The molecule has 1 aliphatic heterocycles. The molecule has 1 fully saturated rings. The lowest BCUT2D eigenvalue weighted by Gasteiger charge is -2.15. The predicted molar refractivity (Wildman–Crippen MR) is 109 cm³/mol. The zero-order valence-electron chi connectivity index (χ0n) is 16.9. The fourth-order valence-corrected chi connectivity index (χ4v) is 3.36. The molecule has 0 saturated carbocycles. The van der Waals surface area contributed by atoms with Crippen LogP contribution >= 0.6 is 0 Å². The predicted octanol–water partition coefficient (Wildman–Crippen LogP) is 4.20. The van der Waals surface area contributed by atoms with Gasteiger partial charge in [-0.25, -0.2) is 4.39 Å². The van der Waals surface area contributed by atoms with Crippen LogP contribution in [-0.4, -0.2) is 32.3 Å². The molecule has 6 heteroatoms. The van der Waals surface area contributed by atoms with E-state index in [1.54, 1.807) is 19.2 Å². The molecule has 1 heterocycles. The van der Waals surface area contributed by atoms with Crippen LogP contribution in [0.4, 0.5) is 4.39 Å². The average Bonchev–Trinajstić information content (AvgIpc) is 3.25. The van der Waals surface area contributed by atoms with Gasteiger partial charge >= 0.3 is 0 Å². The molecule has 0 aliphatic carbocycles. The van der Waals surface area contributed by atoms with E-state index >= 15 is 0 Å². The quantitative estimate of drug-likeness (QED) is 0.684. The monoisotopic (exact) mass is 401 g/mol. The van der Waals surface area contributed by atoms with Gasteiger partial charge in [0.25, 0.3) is 0 Å². The van der Waals surface area contributed by atoms with Gasteiger partial charge in [0.15, 0.2) is 11.5 Å². The Morgan fingerprint density at radius 3 is 2.72 bits per heavy atom. The maximum atomic E-state index is 13.0. The maximum Gasteiger partial charge on any atom is 0.220 e. The molecule has 29 heavy (non-hydrogen) atoms. The van der Waals surface area contributed by atoms with E-state index in [-0.39, 0.29) is 23.7 Å². The van der Waals surface area contributed by atoms with Crippen molar-refractivity contribution in [2.45, 2.75) is 44.8 Å². The van der Waals surface area contributed by atoms with Gasteiger partial charge in [-0.15, -0.1) is 0 Å². The molecule has 2 aromatic rings. The van der Waals surface area contributed by atoms with Crippen LogP contribution in [0.2, 0.25) is 0 Å². The number of hydrogen-bond acceptors (Lipinski definition) is 4. The molecule has 0 radical (unpaired) electrons. The van der Waals surface area contributed by atoms with E-state index in [0.717, 1.165) is 30.6 Å². The van der Waals surface area contributed by atoms with E-state index in [1.807, 2.05) is 25.1 Å². The summed E-state index contributed by atoms with van der Waals surface area (Å²) in [5, 5.41) is 2.93. The van der Waals surface area contributed by atoms with Gasteiger partial charge in [-0.2, -0.15) is 0 Å². The van der Waals surface area contributed by atoms with Gasteiger partial charge in [0.05, 0.1) is 13.2 Å². The summed E-state index contributed by atoms with van der Waals surface area (Å²) in [5.74, 6) is 0.984. The van der Waals surface area contributed by atoms with Gasteiger partial charge < -0.3 is 19.5 Å². The minimum atomic E-state index is -0.275. The van der Waals surface area contributed by atoms with E-state index in [0.29, 0.717) is 31.1 Å². The fraction of sp³-hybridized carbons (Fsp3) is 0.435. The van der Waals surface area contributed by atoms with Crippen molar-refractivity contribution >= 4 is 5.91 Å². The Labute approximate surface area is 171 Å². The third-order valence-corrected chi connectivity index (χ3v) is 5.10. The molecule has 5 nitrogen and oxygen atoms in total. The topological polar surface area (TPSA) is 56.8 Å². The first-order valence-corrected chi connectivity index (χ1v) is 9.98. The van der Waals surface area contributed by atoms with Crippen molar-refractivity contribution in [1.82, 2.24) is 5.32 Å². The van der Waals surface area contributed by atoms with Crippen molar-refractivity contribution in [3.63, 3.8) is 0 Å². The van der Waals surface area contributed by atoms with E-state index in [2.05, 4.69) is 5.32 Å². The Morgan fingerprint density at radius 1 is 1.24 bits per heavy atom. The smallest absolute Gasteiger partial charge is 0.220 e. The van der Waals surface area contributed by atoms with Gasteiger partial charge in [-0.3, -0.25) is 4.79 Å². The maximum absolute atomic E-state index is 13.0. The second kappa shape index (κ2) is 10.3. The number of benzene rings is 2. The van der Waals surface area contributed by atoms with Crippen LogP contribution in [0.15, 0.2) is 42.5 Å². The van der Waals surface area contributed by atoms with Gasteiger partial charge in [0.1, 0.15) is 12.4 Å². The molecule has 2 atom stereocenters. The van der Waals surface area contributed by atoms with Crippen molar-refractivity contribution in [1.29, 1.82) is 0 Å². The minimum Gasteiger partial charge on any atom is -0.493 e. The molecule has 156 valence electrons. The van der Waals surface area contributed by atoms with Crippen LogP contribution in [-0.2, 0) is 16.1 Å². The second-order valence-corrected chi connectivity index (χ2v) is 7.36. The first kappa shape index (κ1) is 21.1. The molecule has 3 rings (SSSR count). The number of methoxy groups -OCH3 is 1. The summed E-state index contributed by atoms with van der Waals surface area (Å²) in [4.78, 5) is 12.3. The first-order chi connectivity index (χ1) is 14.0. The summed E-state index contributed by atoms with van der Waals surface area (Å²) >= 11 is 0. The van der Waals surface area contributed by atoms with Crippen molar-refractivity contribution in [2.24, 2.45) is 0 Å². The Kier molecular flexibility index (Phi) is 7.47. The Morgan fingerprint density at radius 2 is 2.03 bits per heavy atom. The lowest BCUT2D eigenvalue weighted by molar-refractivity contribution is -0.121. The van der Waals surface area contributed by atoms with E-state index < -0.39 is 0 Å². The van der Waals surface area contributed by atoms with Crippen LogP contribution in [0.3, 0.4) is 0 Å². The first-order valence-electron chi connectivity index (χ1n) is 9.98. The Hall–Kier alpha value is -2.60. The van der Waals surface area contributed by atoms with Crippen LogP contribution < -0.4 is 14.8 Å². The number of ether oxygens (including phenoxy) is 3. The SMILES string of the molecule is COc1cc(CNC(=O)CC(C)c2ccc(F)cc2)ccc1OCC1CCCO1. The molecular weight excluding hydrogens is 373 g/mol. The highest BCUT2D eigenvalue weighted by molar-refractivity contribution is 5.76. The number of carbonyl (C=O) groups is 1. The number of nitrogens with one attached hydrogen (secondary N) is 1. The second-order valence-electron chi connectivity index (χ2n) is 7.36. The molecule has 1 N–H and O–H groups in total. The van der Waals surface area contributed by atoms with Crippen LogP contribution in [0, 0.1) is 5.82 Å². The highest BCUT2D eigenvalue weighted by atomic mass is 19.1. The van der Waals surface area contributed by atoms with E-state index in [1.165, 1.54) is 12.1 Å². The number of hydrogen-bond donors (Lipinski definition) is 1. The average molecular weight is 401 g/mol. The summed E-state index contributed by atoms with van der Waals surface area (Å²) in [6.45, 7) is 3.66. The molecular formula is C23H28FNO4. The molecule has 1 saturated heterocycles. The van der Waals surface area contributed by atoms with Crippen molar-refractivity contribution in [3.05, 3.63) is 59.4 Å². The van der Waals surface area contributed by atoms with Gasteiger partial charge in [0, 0.05) is 19.6 Å². The van der Waals surface area contributed by atoms with Crippen LogP contribution in [0.5, 0.6) is 11.5 Å². The van der Waals surface area contributed by atoms with Crippen LogP contribution in [0.1, 0.15) is 43.2 Å². The molecule has 1 aliphatic rings. The summed E-state index contributed by atoms with van der Waals surface area (Å²) in [6.07, 6.45) is 2.57. The van der Waals surface area contributed by atoms with Crippen molar-refractivity contribution in [2.75, 3.05) is 20.3 Å². The molecule has 2 unspecified atom stereocenters. The van der Waals surface area contributed by atoms with Gasteiger partial charge in [0.2, 0.25) is 5.91 Å². The van der Waals surface area contributed by atoms with E-state index in [4.69, 9.17) is 14.2 Å². The summed E-state index contributed by atoms with van der Waals surface area (Å²) in [6, 6.07) is 11.9. The highest BCUT2D eigenvalue weighted by Gasteiger charge is 2.17. The van der Waals surface area contributed by atoms with Crippen molar-refractivity contribution < 1.29 is 23.4 Å². The van der Waals surface area contributed by atoms with Gasteiger partial charge in [-0.1, -0.05) is 25.1 Å². The molecule has 0 aromatic heterocycles. The molecule has 1 amide bonds. The van der Waals surface area contributed by atoms with Crippen molar-refractivity contribution in [3.8, 4) is 11.5 Å². The number of halogens is 1. The number of amides is 1. The van der Waals surface area contributed by atoms with Crippen LogP contribution in [0.25, 0.3) is 0 Å². The zero-order chi connectivity index (χ0) is 20.6. The Bertz CT molecular complexity index is 803. The number of rotatable bonds is 9. The molecule has 0 spiro atoms. The lowest BCUT2D eigenvalue weighted by atomic mass is 9.97.